The Morgan fingerprint density at radius 1 is 1.16 bits per heavy atom. The number of rotatable bonds is 7. The van der Waals surface area contributed by atoms with E-state index in [1.165, 1.54) is 0 Å². The van der Waals surface area contributed by atoms with Crippen LogP contribution in [0.3, 0.4) is 0 Å². The van der Waals surface area contributed by atoms with E-state index in [-0.39, 0.29) is 18.0 Å². The fourth-order valence-corrected chi connectivity index (χ4v) is 4.18. The lowest BCUT2D eigenvalue weighted by molar-refractivity contribution is 0.0783. The normalized spacial score (nSPS) is 19.0. The van der Waals surface area contributed by atoms with Crippen molar-refractivity contribution in [3.8, 4) is 0 Å². The number of aliphatic hydroxyl groups excluding tert-OH is 1. The second-order valence-electron chi connectivity index (χ2n) is 8.17. The third-order valence-corrected chi connectivity index (χ3v) is 6.02. The van der Waals surface area contributed by atoms with Gasteiger partial charge in [-0.05, 0) is 43.0 Å². The van der Waals surface area contributed by atoms with Gasteiger partial charge in [0.1, 0.15) is 5.15 Å². The van der Waals surface area contributed by atoms with Crippen LogP contribution in [0.15, 0.2) is 61.2 Å². The predicted octanol–water partition coefficient (Wildman–Crippen LogP) is 3.19. The van der Waals surface area contributed by atoms with Gasteiger partial charge in [-0.15, -0.1) is 0 Å². The third-order valence-electron chi connectivity index (χ3n) is 5.79. The van der Waals surface area contributed by atoms with Crippen molar-refractivity contribution in [3.05, 3.63) is 88.7 Å². The molecule has 1 fully saturated rings. The summed E-state index contributed by atoms with van der Waals surface area (Å²) in [6.45, 7) is 0.410. The number of aromatic nitrogens is 3. The molecule has 1 aromatic carbocycles. The van der Waals surface area contributed by atoms with Crippen molar-refractivity contribution in [2.75, 3.05) is 7.05 Å². The average Bonchev–Trinajstić information content (AvgIpc) is 3.28. The SMILES string of the molecule is CN(Cc1cnccn1)C(=O)c1ccc(C[C@@H]2CC[C@H]([C@H](O)c3ccc(Cl)nc3)N2)cc1. The van der Waals surface area contributed by atoms with E-state index < -0.39 is 6.10 Å². The van der Waals surface area contributed by atoms with Gasteiger partial charge in [0, 0.05) is 48.8 Å². The minimum absolute atomic E-state index is 0.0152. The maximum absolute atomic E-state index is 12.7. The number of pyridine rings is 1. The first kappa shape index (κ1) is 22.3. The first-order chi connectivity index (χ1) is 15.5. The maximum Gasteiger partial charge on any atom is 0.253 e. The molecule has 166 valence electrons. The molecule has 0 saturated carbocycles. The highest BCUT2D eigenvalue weighted by molar-refractivity contribution is 6.29. The molecule has 4 rings (SSSR count). The predicted molar refractivity (Wildman–Crippen MR) is 122 cm³/mol. The van der Waals surface area contributed by atoms with Gasteiger partial charge in [-0.2, -0.15) is 0 Å². The van der Waals surface area contributed by atoms with Gasteiger partial charge in [0.05, 0.1) is 24.5 Å². The molecule has 0 spiro atoms. The fraction of sp³-hybridized carbons (Fsp3) is 0.333. The fourth-order valence-electron chi connectivity index (χ4n) is 4.07. The van der Waals surface area contributed by atoms with Gasteiger partial charge in [-0.1, -0.05) is 29.8 Å². The smallest absolute Gasteiger partial charge is 0.253 e. The highest BCUT2D eigenvalue weighted by atomic mass is 35.5. The summed E-state index contributed by atoms with van der Waals surface area (Å²) in [5, 5.41) is 14.6. The first-order valence-electron chi connectivity index (χ1n) is 10.6. The zero-order valence-electron chi connectivity index (χ0n) is 17.9. The Morgan fingerprint density at radius 2 is 1.97 bits per heavy atom. The van der Waals surface area contributed by atoms with Gasteiger partial charge in [-0.25, -0.2) is 4.98 Å². The van der Waals surface area contributed by atoms with E-state index in [0.717, 1.165) is 36.1 Å². The summed E-state index contributed by atoms with van der Waals surface area (Å²) in [5.41, 5.74) is 3.31. The molecule has 7 nitrogen and oxygen atoms in total. The molecule has 0 radical (unpaired) electrons. The number of amides is 1. The van der Waals surface area contributed by atoms with Gasteiger partial charge in [-0.3, -0.25) is 14.8 Å². The number of carbonyl (C=O) groups excluding carboxylic acids is 1. The van der Waals surface area contributed by atoms with Crippen LogP contribution in [0.25, 0.3) is 0 Å². The number of nitrogens with one attached hydrogen (secondary N) is 1. The van der Waals surface area contributed by atoms with Crippen LogP contribution >= 0.6 is 11.6 Å². The molecule has 0 aliphatic carbocycles. The number of carbonyl (C=O) groups is 1. The van der Waals surface area contributed by atoms with Crippen LogP contribution in [0.1, 0.15) is 46.1 Å². The summed E-state index contributed by atoms with van der Waals surface area (Å²) < 4.78 is 0. The van der Waals surface area contributed by atoms with Crippen LogP contribution in [0, 0.1) is 0 Å². The van der Waals surface area contributed by atoms with E-state index >= 15 is 0 Å². The van der Waals surface area contributed by atoms with Crippen molar-refractivity contribution in [1.29, 1.82) is 0 Å². The Morgan fingerprint density at radius 3 is 2.66 bits per heavy atom. The maximum atomic E-state index is 12.7. The summed E-state index contributed by atoms with van der Waals surface area (Å²) >= 11 is 5.84. The lowest BCUT2D eigenvalue weighted by Gasteiger charge is -2.20. The molecule has 1 amide bonds. The van der Waals surface area contributed by atoms with Crippen molar-refractivity contribution in [2.45, 2.75) is 44.0 Å². The zero-order chi connectivity index (χ0) is 22.5. The van der Waals surface area contributed by atoms with Crippen LogP contribution in [-0.4, -0.2) is 50.0 Å². The quantitative estimate of drug-likeness (QED) is 0.536. The van der Waals surface area contributed by atoms with E-state index in [1.54, 1.807) is 42.8 Å². The highest BCUT2D eigenvalue weighted by Crippen LogP contribution is 2.27. The molecule has 3 atom stereocenters. The number of nitrogens with zero attached hydrogens (tertiary/aromatic N) is 4. The molecular weight excluding hydrogens is 426 g/mol. The topological polar surface area (TPSA) is 91.2 Å². The summed E-state index contributed by atoms with van der Waals surface area (Å²) in [5.74, 6) is -0.0547. The zero-order valence-corrected chi connectivity index (χ0v) is 18.6. The molecule has 2 aromatic heterocycles. The molecule has 1 aliphatic rings. The van der Waals surface area contributed by atoms with Crippen molar-refractivity contribution < 1.29 is 9.90 Å². The largest absolute Gasteiger partial charge is 0.387 e. The van der Waals surface area contributed by atoms with Crippen LogP contribution in [0.2, 0.25) is 5.15 Å². The Bertz CT molecular complexity index is 1030. The highest BCUT2D eigenvalue weighted by Gasteiger charge is 2.30. The molecule has 0 bridgehead atoms. The molecule has 2 N–H and O–H groups in total. The number of hydrogen-bond acceptors (Lipinski definition) is 6. The Hall–Kier alpha value is -2.87. The van der Waals surface area contributed by atoms with E-state index in [1.807, 2.05) is 30.3 Å². The van der Waals surface area contributed by atoms with Crippen LogP contribution in [0.5, 0.6) is 0 Å². The van der Waals surface area contributed by atoms with E-state index in [4.69, 9.17) is 11.6 Å². The molecule has 3 aromatic rings. The number of aliphatic hydroxyl groups is 1. The monoisotopic (exact) mass is 451 g/mol. The van der Waals surface area contributed by atoms with Crippen LogP contribution in [-0.2, 0) is 13.0 Å². The summed E-state index contributed by atoms with van der Waals surface area (Å²) in [7, 11) is 1.76. The van der Waals surface area contributed by atoms with Crippen molar-refractivity contribution in [2.24, 2.45) is 0 Å². The van der Waals surface area contributed by atoms with Gasteiger partial charge in [0.15, 0.2) is 0 Å². The van der Waals surface area contributed by atoms with Crippen LogP contribution in [0.4, 0.5) is 0 Å². The summed E-state index contributed by atoms with van der Waals surface area (Å²) in [6, 6.07) is 11.5. The first-order valence-corrected chi connectivity index (χ1v) is 11.0. The molecule has 8 heteroatoms. The lowest BCUT2D eigenvalue weighted by atomic mass is 10.0. The van der Waals surface area contributed by atoms with E-state index in [9.17, 15) is 9.90 Å². The van der Waals surface area contributed by atoms with Gasteiger partial charge < -0.3 is 15.3 Å². The molecule has 1 aliphatic heterocycles. The summed E-state index contributed by atoms with van der Waals surface area (Å²) in [4.78, 5) is 26.6. The Kier molecular flexibility index (Phi) is 7.09. The minimum Gasteiger partial charge on any atom is -0.387 e. The van der Waals surface area contributed by atoms with Gasteiger partial charge in [0.25, 0.3) is 5.91 Å². The molecule has 1 saturated heterocycles. The number of benzene rings is 1. The molecular formula is C24H26ClN5O2. The van der Waals surface area contributed by atoms with Crippen molar-refractivity contribution in [1.82, 2.24) is 25.2 Å². The van der Waals surface area contributed by atoms with Crippen molar-refractivity contribution >= 4 is 17.5 Å². The lowest BCUT2D eigenvalue weighted by Crippen LogP contribution is -2.35. The number of halogens is 1. The van der Waals surface area contributed by atoms with Gasteiger partial charge in [0.2, 0.25) is 0 Å². The Balaban J connectivity index is 1.31. The molecule has 0 unspecified atom stereocenters. The standard InChI is InChI=1S/C24H26ClN5O2/c1-30(15-20-14-26-10-11-27-20)24(32)17-4-2-16(3-5-17)12-19-7-8-21(29-19)23(31)18-6-9-22(25)28-13-18/h2-6,9-11,13-14,19,21,23,29,31H,7-8,12,15H2,1H3/t19-,21+,23+/m0/s1. The second-order valence-corrected chi connectivity index (χ2v) is 8.55. The number of hydrogen-bond donors (Lipinski definition) is 2. The minimum atomic E-state index is -0.616. The third kappa shape index (κ3) is 5.48. The van der Waals surface area contributed by atoms with E-state index in [2.05, 4.69) is 20.3 Å². The van der Waals surface area contributed by atoms with E-state index in [0.29, 0.717) is 17.3 Å². The summed E-state index contributed by atoms with van der Waals surface area (Å²) in [6.07, 6.45) is 8.61. The van der Waals surface area contributed by atoms with Crippen molar-refractivity contribution in [3.63, 3.8) is 0 Å². The van der Waals surface area contributed by atoms with Gasteiger partial charge >= 0.3 is 0 Å². The average molecular weight is 452 g/mol. The van der Waals surface area contributed by atoms with Crippen LogP contribution < -0.4 is 5.32 Å². The second kappa shape index (κ2) is 10.2. The molecule has 32 heavy (non-hydrogen) atoms. The Labute approximate surface area is 192 Å². The molecule has 3 heterocycles.